The van der Waals surface area contributed by atoms with Crippen molar-refractivity contribution in [3.63, 3.8) is 0 Å². The zero-order valence-electron chi connectivity index (χ0n) is 11.7. The molecule has 0 aliphatic carbocycles. The summed E-state index contributed by atoms with van der Waals surface area (Å²) >= 11 is 0. The molecule has 1 aromatic heterocycles. The molecule has 2 aromatic rings. The summed E-state index contributed by atoms with van der Waals surface area (Å²) in [5, 5.41) is 4.81. The number of benzene rings is 1. The Balaban J connectivity index is 2.28. The number of hydrogen-bond acceptors (Lipinski definition) is 1. The van der Waals surface area contributed by atoms with E-state index in [0.29, 0.717) is 0 Å². The molecule has 1 N–H and O–H groups in total. The summed E-state index contributed by atoms with van der Waals surface area (Å²) in [4.78, 5) is 0. The van der Waals surface area contributed by atoms with Gasteiger partial charge in [-0.25, -0.2) is 0 Å². The molecule has 98 valence electrons. The van der Waals surface area contributed by atoms with Crippen molar-refractivity contribution in [3.05, 3.63) is 36.0 Å². The SMILES string of the molecule is CCNCc1cn(CCC(C)C)c2ccccc12. The molecule has 0 atom stereocenters. The standard InChI is InChI=1S/C16H24N2/c1-4-17-11-14-12-18(10-9-13(2)3)16-8-6-5-7-15(14)16/h5-8,12-13,17H,4,9-11H2,1-3H3. The topological polar surface area (TPSA) is 17.0 Å². The highest BCUT2D eigenvalue weighted by Gasteiger charge is 2.07. The lowest BCUT2D eigenvalue weighted by Gasteiger charge is -2.07. The molecule has 0 spiro atoms. The maximum Gasteiger partial charge on any atom is 0.0483 e. The van der Waals surface area contributed by atoms with Gasteiger partial charge in [0.25, 0.3) is 0 Å². The Morgan fingerprint density at radius 2 is 2.00 bits per heavy atom. The van der Waals surface area contributed by atoms with Crippen LogP contribution in [0, 0.1) is 5.92 Å². The molecular formula is C16H24N2. The predicted octanol–water partition coefficient (Wildman–Crippen LogP) is 3.80. The Kier molecular flexibility index (Phi) is 4.43. The second-order valence-electron chi connectivity index (χ2n) is 5.33. The largest absolute Gasteiger partial charge is 0.347 e. The first-order valence-corrected chi connectivity index (χ1v) is 6.99. The first kappa shape index (κ1) is 13.2. The van der Waals surface area contributed by atoms with Gasteiger partial charge in [0.2, 0.25) is 0 Å². The van der Waals surface area contributed by atoms with Crippen LogP contribution in [-0.4, -0.2) is 11.1 Å². The third-order valence-electron chi connectivity index (χ3n) is 3.38. The summed E-state index contributed by atoms with van der Waals surface area (Å²) in [5.74, 6) is 0.753. The summed E-state index contributed by atoms with van der Waals surface area (Å²) in [6.45, 7) is 9.82. The second kappa shape index (κ2) is 6.05. The van der Waals surface area contributed by atoms with E-state index in [1.54, 1.807) is 0 Å². The van der Waals surface area contributed by atoms with Gasteiger partial charge in [0, 0.05) is 30.2 Å². The molecule has 0 aliphatic heterocycles. The average molecular weight is 244 g/mol. The van der Waals surface area contributed by atoms with Crippen LogP contribution in [0.25, 0.3) is 10.9 Å². The fourth-order valence-electron chi connectivity index (χ4n) is 2.31. The molecule has 1 aromatic carbocycles. The first-order valence-electron chi connectivity index (χ1n) is 6.99. The average Bonchev–Trinajstić information content (AvgIpc) is 2.72. The molecule has 2 heteroatoms. The highest BCUT2D eigenvalue weighted by molar-refractivity contribution is 5.83. The summed E-state index contributed by atoms with van der Waals surface area (Å²) in [6, 6.07) is 8.72. The highest BCUT2D eigenvalue weighted by Crippen LogP contribution is 2.22. The van der Waals surface area contributed by atoms with E-state index in [9.17, 15) is 0 Å². The number of aromatic nitrogens is 1. The van der Waals surface area contributed by atoms with Crippen LogP contribution in [0.5, 0.6) is 0 Å². The van der Waals surface area contributed by atoms with E-state index in [1.165, 1.54) is 22.9 Å². The number of nitrogens with zero attached hydrogens (tertiary/aromatic N) is 1. The molecule has 2 rings (SSSR count). The van der Waals surface area contributed by atoms with Crippen molar-refractivity contribution in [1.29, 1.82) is 0 Å². The van der Waals surface area contributed by atoms with Gasteiger partial charge >= 0.3 is 0 Å². The lowest BCUT2D eigenvalue weighted by Crippen LogP contribution is -2.11. The number of rotatable bonds is 6. The van der Waals surface area contributed by atoms with Crippen molar-refractivity contribution in [1.82, 2.24) is 9.88 Å². The molecule has 0 unspecified atom stereocenters. The van der Waals surface area contributed by atoms with Gasteiger partial charge in [-0.2, -0.15) is 0 Å². The highest BCUT2D eigenvalue weighted by atomic mass is 15.0. The van der Waals surface area contributed by atoms with Crippen LogP contribution < -0.4 is 5.32 Å². The van der Waals surface area contributed by atoms with Crippen molar-refractivity contribution in [2.75, 3.05) is 6.54 Å². The quantitative estimate of drug-likeness (QED) is 0.818. The Morgan fingerprint density at radius 3 is 2.72 bits per heavy atom. The minimum absolute atomic E-state index is 0.753. The molecule has 0 amide bonds. The van der Waals surface area contributed by atoms with Gasteiger partial charge < -0.3 is 9.88 Å². The molecule has 0 saturated carbocycles. The van der Waals surface area contributed by atoms with Gasteiger partial charge in [0.15, 0.2) is 0 Å². The van der Waals surface area contributed by atoms with Crippen LogP contribution in [0.3, 0.4) is 0 Å². The Labute approximate surface area is 110 Å². The Bertz CT molecular complexity index is 497. The minimum Gasteiger partial charge on any atom is -0.347 e. The molecule has 0 saturated heterocycles. The van der Waals surface area contributed by atoms with Gasteiger partial charge in [-0.05, 0) is 30.5 Å². The van der Waals surface area contributed by atoms with E-state index in [4.69, 9.17) is 0 Å². The third-order valence-corrected chi connectivity index (χ3v) is 3.38. The maximum absolute atomic E-state index is 3.42. The van der Waals surface area contributed by atoms with Crippen molar-refractivity contribution >= 4 is 10.9 Å². The molecule has 1 heterocycles. The van der Waals surface area contributed by atoms with E-state index in [2.05, 4.69) is 61.1 Å². The Morgan fingerprint density at radius 1 is 1.22 bits per heavy atom. The summed E-state index contributed by atoms with van der Waals surface area (Å²) in [7, 11) is 0. The van der Waals surface area contributed by atoms with E-state index >= 15 is 0 Å². The van der Waals surface area contributed by atoms with Crippen LogP contribution in [-0.2, 0) is 13.1 Å². The number of aryl methyl sites for hydroxylation is 1. The van der Waals surface area contributed by atoms with E-state index in [-0.39, 0.29) is 0 Å². The maximum atomic E-state index is 3.42. The molecule has 0 aliphatic rings. The van der Waals surface area contributed by atoms with Crippen molar-refractivity contribution in [2.24, 2.45) is 5.92 Å². The van der Waals surface area contributed by atoms with E-state index in [1.807, 2.05) is 0 Å². The molecule has 0 bridgehead atoms. The van der Waals surface area contributed by atoms with Crippen LogP contribution >= 0.6 is 0 Å². The molecular weight excluding hydrogens is 220 g/mol. The Hall–Kier alpha value is -1.28. The number of para-hydroxylation sites is 1. The fourth-order valence-corrected chi connectivity index (χ4v) is 2.31. The molecule has 0 radical (unpaired) electrons. The van der Waals surface area contributed by atoms with Crippen LogP contribution in [0.2, 0.25) is 0 Å². The van der Waals surface area contributed by atoms with Gasteiger partial charge in [0.1, 0.15) is 0 Å². The van der Waals surface area contributed by atoms with Crippen LogP contribution in [0.15, 0.2) is 30.5 Å². The smallest absolute Gasteiger partial charge is 0.0483 e. The fraction of sp³-hybridized carbons (Fsp3) is 0.500. The molecule has 2 nitrogen and oxygen atoms in total. The van der Waals surface area contributed by atoms with Crippen LogP contribution in [0.4, 0.5) is 0 Å². The summed E-state index contributed by atoms with van der Waals surface area (Å²) in [5.41, 5.74) is 2.78. The zero-order valence-corrected chi connectivity index (χ0v) is 11.7. The lowest BCUT2D eigenvalue weighted by atomic mass is 10.1. The van der Waals surface area contributed by atoms with E-state index < -0.39 is 0 Å². The van der Waals surface area contributed by atoms with Gasteiger partial charge in [-0.3, -0.25) is 0 Å². The summed E-state index contributed by atoms with van der Waals surface area (Å²) < 4.78 is 2.40. The normalized spacial score (nSPS) is 11.6. The van der Waals surface area contributed by atoms with Crippen molar-refractivity contribution in [2.45, 2.75) is 40.3 Å². The lowest BCUT2D eigenvalue weighted by molar-refractivity contribution is 0.523. The number of hydrogen-bond donors (Lipinski definition) is 1. The van der Waals surface area contributed by atoms with Crippen molar-refractivity contribution in [3.8, 4) is 0 Å². The second-order valence-corrected chi connectivity index (χ2v) is 5.33. The zero-order chi connectivity index (χ0) is 13.0. The predicted molar refractivity (Wildman–Crippen MR) is 78.8 cm³/mol. The molecule has 0 fully saturated rings. The van der Waals surface area contributed by atoms with Gasteiger partial charge in [0.05, 0.1) is 0 Å². The third kappa shape index (κ3) is 2.94. The summed E-state index contributed by atoms with van der Waals surface area (Å²) in [6.07, 6.45) is 3.55. The van der Waals surface area contributed by atoms with Crippen LogP contribution in [0.1, 0.15) is 32.8 Å². The molecule has 18 heavy (non-hydrogen) atoms. The number of nitrogens with one attached hydrogen (secondary N) is 1. The monoisotopic (exact) mass is 244 g/mol. The number of fused-ring (bicyclic) bond motifs is 1. The first-order chi connectivity index (χ1) is 8.72. The van der Waals surface area contributed by atoms with Crippen molar-refractivity contribution < 1.29 is 0 Å². The van der Waals surface area contributed by atoms with Gasteiger partial charge in [-0.15, -0.1) is 0 Å². The van der Waals surface area contributed by atoms with E-state index in [0.717, 1.165) is 25.6 Å². The van der Waals surface area contributed by atoms with Gasteiger partial charge in [-0.1, -0.05) is 39.0 Å². The minimum atomic E-state index is 0.753.